The number of aliphatic hydroxyl groups excluding tert-OH is 1. The fourth-order valence-corrected chi connectivity index (χ4v) is 2.02. The molecule has 90 valence electrons. The number of nitrogens with zero attached hydrogens (tertiary/aromatic N) is 1. The number of hydrogen-bond acceptors (Lipinski definition) is 2. The van der Waals surface area contributed by atoms with Gasteiger partial charge in [-0.2, -0.15) is 0 Å². The molecule has 1 atom stereocenters. The van der Waals surface area contributed by atoms with E-state index < -0.39 is 0 Å². The lowest BCUT2D eigenvalue weighted by atomic mass is 10.1. The van der Waals surface area contributed by atoms with Crippen molar-refractivity contribution < 1.29 is 5.11 Å². The van der Waals surface area contributed by atoms with Crippen LogP contribution in [-0.2, 0) is 6.42 Å². The van der Waals surface area contributed by atoms with Crippen LogP contribution in [0.4, 0.5) is 0 Å². The molecule has 0 aromatic heterocycles. The summed E-state index contributed by atoms with van der Waals surface area (Å²) in [5.41, 5.74) is 1.40. The lowest BCUT2D eigenvalue weighted by Gasteiger charge is -2.27. The fourth-order valence-electron chi connectivity index (χ4n) is 2.02. The van der Waals surface area contributed by atoms with Crippen LogP contribution < -0.4 is 0 Å². The molecule has 2 nitrogen and oxygen atoms in total. The first-order valence-corrected chi connectivity index (χ1v) is 6.16. The number of hydrogen-bond donors (Lipinski definition) is 1. The van der Waals surface area contributed by atoms with Crippen molar-refractivity contribution >= 4 is 0 Å². The molecular formula is C14H23NO. The number of aliphatic hydroxyl groups is 1. The molecule has 0 saturated carbocycles. The van der Waals surface area contributed by atoms with Crippen molar-refractivity contribution in [3.63, 3.8) is 0 Å². The van der Waals surface area contributed by atoms with Gasteiger partial charge in [0.1, 0.15) is 0 Å². The van der Waals surface area contributed by atoms with Gasteiger partial charge in [0.2, 0.25) is 0 Å². The molecule has 1 aromatic carbocycles. The summed E-state index contributed by atoms with van der Waals surface area (Å²) >= 11 is 0. The van der Waals surface area contributed by atoms with Gasteiger partial charge in [-0.25, -0.2) is 0 Å². The highest BCUT2D eigenvalue weighted by Crippen LogP contribution is 2.09. The first-order valence-electron chi connectivity index (χ1n) is 6.16. The van der Waals surface area contributed by atoms with E-state index >= 15 is 0 Å². The predicted octanol–water partition coefficient (Wildman–Crippen LogP) is 2.32. The largest absolute Gasteiger partial charge is 0.395 e. The van der Waals surface area contributed by atoms with Crippen LogP contribution in [-0.4, -0.2) is 35.7 Å². The summed E-state index contributed by atoms with van der Waals surface area (Å²) in [5, 5.41) is 8.96. The highest BCUT2D eigenvalue weighted by atomic mass is 16.3. The van der Waals surface area contributed by atoms with Crippen molar-refractivity contribution in [2.75, 3.05) is 19.7 Å². The van der Waals surface area contributed by atoms with E-state index in [0.717, 1.165) is 25.9 Å². The molecular weight excluding hydrogens is 198 g/mol. The minimum atomic E-state index is 0.253. The minimum Gasteiger partial charge on any atom is -0.395 e. The summed E-state index contributed by atoms with van der Waals surface area (Å²) in [4.78, 5) is 2.32. The van der Waals surface area contributed by atoms with Gasteiger partial charge < -0.3 is 5.11 Å². The second-order valence-electron chi connectivity index (χ2n) is 4.23. The normalized spacial score (nSPS) is 13.0. The summed E-state index contributed by atoms with van der Waals surface area (Å²) in [6.45, 7) is 6.43. The SMILES string of the molecule is CCN(CCO)C(C)CCc1ccccc1. The van der Waals surface area contributed by atoms with E-state index in [4.69, 9.17) is 5.11 Å². The van der Waals surface area contributed by atoms with Crippen LogP contribution in [0.1, 0.15) is 25.8 Å². The van der Waals surface area contributed by atoms with Gasteiger partial charge in [0.25, 0.3) is 0 Å². The van der Waals surface area contributed by atoms with E-state index in [1.54, 1.807) is 0 Å². The summed E-state index contributed by atoms with van der Waals surface area (Å²) in [6.07, 6.45) is 2.27. The molecule has 0 radical (unpaired) electrons. The van der Waals surface area contributed by atoms with Crippen molar-refractivity contribution in [3.05, 3.63) is 35.9 Å². The van der Waals surface area contributed by atoms with E-state index in [9.17, 15) is 0 Å². The molecule has 0 fully saturated rings. The average Bonchev–Trinajstić information content (AvgIpc) is 2.34. The minimum absolute atomic E-state index is 0.253. The van der Waals surface area contributed by atoms with Crippen molar-refractivity contribution in [2.45, 2.75) is 32.7 Å². The van der Waals surface area contributed by atoms with Gasteiger partial charge in [-0.3, -0.25) is 4.90 Å². The maximum absolute atomic E-state index is 8.96. The van der Waals surface area contributed by atoms with Crippen LogP contribution in [0.5, 0.6) is 0 Å². The van der Waals surface area contributed by atoms with Crippen LogP contribution in [0, 0.1) is 0 Å². The molecule has 0 aliphatic rings. The zero-order valence-electron chi connectivity index (χ0n) is 10.4. The Morgan fingerprint density at radius 2 is 1.94 bits per heavy atom. The smallest absolute Gasteiger partial charge is 0.0558 e. The lowest BCUT2D eigenvalue weighted by molar-refractivity contribution is 0.159. The standard InChI is InChI=1S/C14H23NO/c1-3-15(11-12-16)13(2)9-10-14-7-5-4-6-8-14/h4-8,13,16H,3,9-12H2,1-2H3. The van der Waals surface area contributed by atoms with Crippen molar-refractivity contribution in [1.82, 2.24) is 4.90 Å². The third-order valence-electron chi connectivity index (χ3n) is 3.11. The fraction of sp³-hybridized carbons (Fsp3) is 0.571. The van der Waals surface area contributed by atoms with E-state index in [2.05, 4.69) is 49.1 Å². The van der Waals surface area contributed by atoms with Gasteiger partial charge in [0, 0.05) is 12.6 Å². The maximum Gasteiger partial charge on any atom is 0.0558 e. The molecule has 0 spiro atoms. The Morgan fingerprint density at radius 1 is 1.25 bits per heavy atom. The monoisotopic (exact) mass is 221 g/mol. The molecule has 0 amide bonds. The Labute approximate surface area is 98.9 Å². The number of benzene rings is 1. The van der Waals surface area contributed by atoms with Gasteiger partial charge >= 0.3 is 0 Å². The Bertz CT molecular complexity index is 273. The van der Waals surface area contributed by atoms with Crippen LogP contribution in [0.2, 0.25) is 0 Å². The van der Waals surface area contributed by atoms with Crippen LogP contribution >= 0.6 is 0 Å². The number of likely N-dealkylation sites (N-methyl/N-ethyl adjacent to an activating group) is 1. The Balaban J connectivity index is 2.36. The van der Waals surface area contributed by atoms with Crippen molar-refractivity contribution in [2.24, 2.45) is 0 Å². The quantitative estimate of drug-likeness (QED) is 0.764. The molecule has 1 N–H and O–H groups in total. The first kappa shape index (κ1) is 13.2. The Kier molecular flexibility index (Phi) is 6.12. The molecule has 2 heteroatoms. The lowest BCUT2D eigenvalue weighted by Crippen LogP contribution is -2.35. The van der Waals surface area contributed by atoms with E-state index in [1.807, 2.05) is 0 Å². The Morgan fingerprint density at radius 3 is 2.50 bits per heavy atom. The molecule has 0 heterocycles. The van der Waals surface area contributed by atoms with Gasteiger partial charge in [0.15, 0.2) is 0 Å². The average molecular weight is 221 g/mol. The van der Waals surface area contributed by atoms with Gasteiger partial charge in [-0.15, -0.1) is 0 Å². The third-order valence-corrected chi connectivity index (χ3v) is 3.11. The molecule has 0 bridgehead atoms. The Hall–Kier alpha value is -0.860. The predicted molar refractivity (Wildman–Crippen MR) is 68.6 cm³/mol. The zero-order valence-corrected chi connectivity index (χ0v) is 10.4. The third kappa shape index (κ3) is 4.33. The summed E-state index contributed by atoms with van der Waals surface area (Å²) < 4.78 is 0. The van der Waals surface area contributed by atoms with E-state index in [-0.39, 0.29) is 6.61 Å². The highest BCUT2D eigenvalue weighted by Gasteiger charge is 2.10. The summed E-state index contributed by atoms with van der Waals surface area (Å²) in [7, 11) is 0. The molecule has 1 aromatic rings. The van der Waals surface area contributed by atoms with Crippen molar-refractivity contribution in [3.8, 4) is 0 Å². The van der Waals surface area contributed by atoms with Crippen LogP contribution in [0.25, 0.3) is 0 Å². The topological polar surface area (TPSA) is 23.5 Å². The van der Waals surface area contributed by atoms with E-state index in [1.165, 1.54) is 5.56 Å². The maximum atomic E-state index is 8.96. The first-order chi connectivity index (χ1) is 7.77. The van der Waals surface area contributed by atoms with Gasteiger partial charge in [-0.1, -0.05) is 37.3 Å². The van der Waals surface area contributed by atoms with Gasteiger partial charge in [-0.05, 0) is 31.9 Å². The van der Waals surface area contributed by atoms with Gasteiger partial charge in [0.05, 0.1) is 6.61 Å². The molecule has 0 aliphatic carbocycles. The molecule has 16 heavy (non-hydrogen) atoms. The second-order valence-corrected chi connectivity index (χ2v) is 4.23. The highest BCUT2D eigenvalue weighted by molar-refractivity contribution is 5.14. The summed E-state index contributed by atoms with van der Waals surface area (Å²) in [5.74, 6) is 0. The number of rotatable bonds is 7. The van der Waals surface area contributed by atoms with Crippen LogP contribution in [0.15, 0.2) is 30.3 Å². The molecule has 0 aliphatic heterocycles. The molecule has 1 unspecified atom stereocenters. The van der Waals surface area contributed by atoms with Crippen LogP contribution in [0.3, 0.4) is 0 Å². The summed E-state index contributed by atoms with van der Waals surface area (Å²) in [6, 6.07) is 11.1. The second kappa shape index (κ2) is 7.42. The number of aryl methyl sites for hydroxylation is 1. The van der Waals surface area contributed by atoms with E-state index in [0.29, 0.717) is 6.04 Å². The zero-order chi connectivity index (χ0) is 11.8. The molecule has 0 saturated heterocycles. The van der Waals surface area contributed by atoms with Crippen molar-refractivity contribution in [1.29, 1.82) is 0 Å². The molecule has 1 rings (SSSR count).